The lowest BCUT2D eigenvalue weighted by molar-refractivity contribution is 0.103. The van der Waals surface area contributed by atoms with E-state index in [0.717, 1.165) is 30.8 Å². The van der Waals surface area contributed by atoms with Gasteiger partial charge in [0.25, 0.3) is 0 Å². The second-order valence-corrected chi connectivity index (χ2v) is 4.59. The second-order valence-electron chi connectivity index (χ2n) is 4.59. The van der Waals surface area contributed by atoms with Gasteiger partial charge < -0.3 is 9.64 Å². The number of para-hydroxylation sites is 1. The number of rotatable bonds is 3. The van der Waals surface area contributed by atoms with Crippen molar-refractivity contribution in [1.29, 1.82) is 5.26 Å². The molecule has 3 nitrogen and oxygen atoms in total. The lowest BCUT2D eigenvalue weighted by Crippen LogP contribution is -2.38. The predicted octanol–water partition coefficient (Wildman–Crippen LogP) is 2.23. The van der Waals surface area contributed by atoms with Gasteiger partial charge in [-0.15, -0.1) is 0 Å². The van der Waals surface area contributed by atoms with Gasteiger partial charge in [0.2, 0.25) is 0 Å². The van der Waals surface area contributed by atoms with E-state index in [-0.39, 0.29) is 6.10 Å². The molecule has 1 saturated heterocycles. The predicted molar refractivity (Wildman–Crippen MR) is 66.9 cm³/mol. The number of hydrogen-bond donors (Lipinski definition) is 0. The van der Waals surface area contributed by atoms with Crippen molar-refractivity contribution >= 4 is 0 Å². The van der Waals surface area contributed by atoms with Gasteiger partial charge in [0.05, 0.1) is 12.5 Å². The van der Waals surface area contributed by atoms with Gasteiger partial charge in [0, 0.05) is 12.1 Å². The number of benzene rings is 1. The first-order valence-corrected chi connectivity index (χ1v) is 6.09. The molecule has 17 heavy (non-hydrogen) atoms. The van der Waals surface area contributed by atoms with Gasteiger partial charge in [-0.25, -0.2) is 0 Å². The van der Waals surface area contributed by atoms with E-state index in [1.807, 2.05) is 24.3 Å². The molecule has 1 aromatic rings. The molecule has 0 spiro atoms. The van der Waals surface area contributed by atoms with Crippen LogP contribution in [0.2, 0.25) is 0 Å². The van der Waals surface area contributed by atoms with Gasteiger partial charge in [0.1, 0.15) is 11.9 Å². The highest BCUT2D eigenvalue weighted by atomic mass is 16.5. The van der Waals surface area contributed by atoms with Gasteiger partial charge >= 0.3 is 0 Å². The molecule has 90 valence electrons. The van der Waals surface area contributed by atoms with E-state index in [9.17, 15) is 0 Å². The molecule has 0 aromatic heterocycles. The molecule has 1 aliphatic heterocycles. The van der Waals surface area contributed by atoms with Crippen molar-refractivity contribution in [3.63, 3.8) is 0 Å². The SMILES string of the molecule is CN1CCCC(Oc2ccccc2CC#N)C1. The Morgan fingerprint density at radius 2 is 2.29 bits per heavy atom. The normalized spacial score (nSPS) is 20.8. The molecule has 3 heteroatoms. The number of likely N-dealkylation sites (N-methyl/N-ethyl adjacent to an activating group) is 1. The van der Waals surface area contributed by atoms with Crippen LogP contribution < -0.4 is 4.74 Å². The molecule has 0 aliphatic carbocycles. The van der Waals surface area contributed by atoms with Gasteiger partial charge in [-0.1, -0.05) is 18.2 Å². The van der Waals surface area contributed by atoms with E-state index in [0.29, 0.717) is 6.42 Å². The van der Waals surface area contributed by atoms with Crippen molar-refractivity contribution in [1.82, 2.24) is 4.90 Å². The Bertz CT molecular complexity index is 411. The molecule has 1 aromatic carbocycles. The van der Waals surface area contributed by atoms with E-state index in [1.54, 1.807) is 0 Å². The Morgan fingerprint density at radius 1 is 1.47 bits per heavy atom. The first kappa shape index (κ1) is 11.9. The summed E-state index contributed by atoms with van der Waals surface area (Å²) >= 11 is 0. The third-order valence-electron chi connectivity index (χ3n) is 3.12. The van der Waals surface area contributed by atoms with Crippen LogP contribution in [0.15, 0.2) is 24.3 Å². The summed E-state index contributed by atoms with van der Waals surface area (Å²) in [5.41, 5.74) is 0.989. The summed E-state index contributed by atoms with van der Waals surface area (Å²) in [6.07, 6.45) is 2.96. The first-order valence-electron chi connectivity index (χ1n) is 6.09. The number of nitrogens with zero attached hydrogens (tertiary/aromatic N) is 2. The van der Waals surface area contributed by atoms with Crippen LogP contribution in [0.4, 0.5) is 0 Å². The quantitative estimate of drug-likeness (QED) is 0.799. The number of hydrogen-bond acceptors (Lipinski definition) is 3. The summed E-state index contributed by atoms with van der Waals surface area (Å²) in [7, 11) is 2.12. The van der Waals surface area contributed by atoms with Gasteiger partial charge in [-0.3, -0.25) is 0 Å². The molecular formula is C14H18N2O. The summed E-state index contributed by atoms with van der Waals surface area (Å²) in [4.78, 5) is 2.29. The van der Waals surface area contributed by atoms with E-state index in [1.165, 1.54) is 6.42 Å². The summed E-state index contributed by atoms with van der Waals surface area (Å²) in [6, 6.07) is 10.0. The fourth-order valence-corrected chi connectivity index (χ4v) is 2.24. The Hall–Kier alpha value is -1.53. The lowest BCUT2D eigenvalue weighted by atomic mass is 10.1. The minimum Gasteiger partial charge on any atom is -0.489 e. The molecule has 1 unspecified atom stereocenters. The summed E-state index contributed by atoms with van der Waals surface area (Å²) in [5, 5.41) is 8.78. The number of likely N-dealkylation sites (tertiary alicyclic amines) is 1. The summed E-state index contributed by atoms with van der Waals surface area (Å²) < 4.78 is 6.02. The van der Waals surface area contributed by atoms with Crippen molar-refractivity contribution in [3.05, 3.63) is 29.8 Å². The monoisotopic (exact) mass is 230 g/mol. The van der Waals surface area contributed by atoms with Crippen LogP contribution >= 0.6 is 0 Å². The van der Waals surface area contributed by atoms with Crippen LogP contribution in [0, 0.1) is 11.3 Å². The van der Waals surface area contributed by atoms with Crippen LogP contribution in [-0.2, 0) is 6.42 Å². The molecule has 1 heterocycles. The van der Waals surface area contributed by atoms with E-state index in [4.69, 9.17) is 10.00 Å². The standard InChI is InChI=1S/C14H18N2O/c1-16-10-4-6-13(11-16)17-14-7-3-2-5-12(14)8-9-15/h2-3,5,7,13H,4,6,8,10-11H2,1H3. The fraction of sp³-hybridized carbons (Fsp3) is 0.500. The Morgan fingerprint density at radius 3 is 3.06 bits per heavy atom. The van der Waals surface area contributed by atoms with Gasteiger partial charge in [-0.2, -0.15) is 5.26 Å². The molecule has 1 aliphatic rings. The molecule has 1 atom stereocenters. The molecular weight excluding hydrogens is 212 g/mol. The maximum atomic E-state index is 8.78. The minimum absolute atomic E-state index is 0.258. The molecule has 0 bridgehead atoms. The second kappa shape index (κ2) is 5.70. The van der Waals surface area contributed by atoms with E-state index in [2.05, 4.69) is 18.0 Å². The average Bonchev–Trinajstić information content (AvgIpc) is 2.32. The van der Waals surface area contributed by atoms with Gasteiger partial charge in [-0.05, 0) is 32.5 Å². The minimum atomic E-state index is 0.258. The van der Waals surface area contributed by atoms with Crippen molar-refractivity contribution in [2.75, 3.05) is 20.1 Å². The highest BCUT2D eigenvalue weighted by Gasteiger charge is 2.19. The molecule has 0 radical (unpaired) electrons. The number of nitriles is 1. The molecule has 0 amide bonds. The smallest absolute Gasteiger partial charge is 0.124 e. The van der Waals surface area contributed by atoms with Crippen molar-refractivity contribution < 1.29 is 4.74 Å². The Kier molecular flexibility index (Phi) is 4.00. The maximum absolute atomic E-state index is 8.78. The molecule has 1 fully saturated rings. The zero-order valence-electron chi connectivity index (χ0n) is 10.2. The van der Waals surface area contributed by atoms with Crippen LogP contribution in [0.5, 0.6) is 5.75 Å². The topological polar surface area (TPSA) is 36.3 Å². The van der Waals surface area contributed by atoms with Crippen LogP contribution in [0.3, 0.4) is 0 Å². The van der Waals surface area contributed by atoms with Gasteiger partial charge in [0.15, 0.2) is 0 Å². The summed E-state index contributed by atoms with van der Waals surface area (Å²) in [6.45, 7) is 2.13. The zero-order valence-corrected chi connectivity index (χ0v) is 10.2. The third-order valence-corrected chi connectivity index (χ3v) is 3.12. The molecule has 2 rings (SSSR count). The molecule has 0 N–H and O–H groups in total. The van der Waals surface area contributed by atoms with Crippen molar-refractivity contribution in [3.8, 4) is 11.8 Å². The zero-order chi connectivity index (χ0) is 12.1. The Labute approximate surface area is 103 Å². The van der Waals surface area contributed by atoms with Crippen LogP contribution in [0.1, 0.15) is 18.4 Å². The number of piperidine rings is 1. The largest absolute Gasteiger partial charge is 0.489 e. The van der Waals surface area contributed by atoms with Crippen molar-refractivity contribution in [2.24, 2.45) is 0 Å². The Balaban J connectivity index is 2.05. The average molecular weight is 230 g/mol. The highest BCUT2D eigenvalue weighted by molar-refractivity contribution is 5.35. The van der Waals surface area contributed by atoms with Crippen molar-refractivity contribution in [2.45, 2.75) is 25.4 Å². The number of ether oxygens (including phenoxy) is 1. The maximum Gasteiger partial charge on any atom is 0.124 e. The lowest BCUT2D eigenvalue weighted by Gasteiger charge is -2.30. The first-order chi connectivity index (χ1) is 8.29. The van der Waals surface area contributed by atoms with Crippen LogP contribution in [-0.4, -0.2) is 31.1 Å². The van der Waals surface area contributed by atoms with E-state index >= 15 is 0 Å². The van der Waals surface area contributed by atoms with E-state index < -0.39 is 0 Å². The summed E-state index contributed by atoms with van der Waals surface area (Å²) in [5.74, 6) is 0.870. The van der Waals surface area contributed by atoms with Crippen LogP contribution in [0.25, 0.3) is 0 Å². The molecule has 0 saturated carbocycles. The third kappa shape index (κ3) is 3.21. The fourth-order valence-electron chi connectivity index (χ4n) is 2.24. The highest BCUT2D eigenvalue weighted by Crippen LogP contribution is 2.22.